The molecule has 0 aromatic heterocycles. The van der Waals surface area contributed by atoms with E-state index in [0.29, 0.717) is 29.2 Å². The zero-order valence-corrected chi connectivity index (χ0v) is 8.46. The number of ketones is 1. The highest BCUT2D eigenvalue weighted by Crippen LogP contribution is 2.35. The molecular weight excluding hydrogens is 207 g/mol. The molecule has 0 saturated heterocycles. The Morgan fingerprint density at radius 1 is 1.25 bits per heavy atom. The molecule has 16 heavy (non-hydrogen) atoms. The van der Waals surface area contributed by atoms with Crippen molar-refractivity contribution >= 4 is 16.6 Å². The third-order valence-corrected chi connectivity index (χ3v) is 3.08. The maximum absolute atomic E-state index is 13.7. The minimum atomic E-state index is -0.643. The van der Waals surface area contributed by atoms with Gasteiger partial charge in [-0.1, -0.05) is 18.2 Å². The molecule has 0 amide bonds. The lowest BCUT2D eigenvalue weighted by molar-refractivity contribution is 0.0981. The number of benzene rings is 2. The van der Waals surface area contributed by atoms with Crippen LogP contribution < -0.4 is 0 Å². The number of aryl methyl sites for hydroxylation is 1. The van der Waals surface area contributed by atoms with Crippen molar-refractivity contribution in [2.45, 2.75) is 12.8 Å². The zero-order chi connectivity index (χ0) is 11.3. The Balaban J connectivity index is 2.55. The van der Waals surface area contributed by atoms with Crippen molar-refractivity contribution in [3.05, 3.63) is 41.2 Å². The molecule has 0 atom stereocenters. The van der Waals surface area contributed by atoms with Crippen LogP contribution in [0.2, 0.25) is 0 Å². The molecule has 1 N–H and O–H groups in total. The van der Waals surface area contributed by atoms with Gasteiger partial charge in [0.2, 0.25) is 0 Å². The number of aromatic hydroxyl groups is 1. The predicted molar refractivity (Wildman–Crippen MR) is 58.2 cm³/mol. The third kappa shape index (κ3) is 1.08. The average molecular weight is 216 g/mol. The Morgan fingerprint density at radius 3 is 2.88 bits per heavy atom. The third-order valence-electron chi connectivity index (χ3n) is 3.08. The highest BCUT2D eigenvalue weighted by atomic mass is 19.1. The van der Waals surface area contributed by atoms with Gasteiger partial charge in [-0.05, 0) is 23.4 Å². The first kappa shape index (κ1) is 9.33. The molecule has 80 valence electrons. The van der Waals surface area contributed by atoms with Crippen molar-refractivity contribution in [1.82, 2.24) is 0 Å². The largest absolute Gasteiger partial charge is 0.505 e. The zero-order valence-electron chi connectivity index (χ0n) is 8.46. The first-order valence-corrected chi connectivity index (χ1v) is 5.15. The van der Waals surface area contributed by atoms with E-state index in [1.165, 1.54) is 6.07 Å². The monoisotopic (exact) mass is 216 g/mol. The van der Waals surface area contributed by atoms with Gasteiger partial charge in [-0.15, -0.1) is 0 Å². The van der Waals surface area contributed by atoms with E-state index in [1.54, 1.807) is 12.1 Å². The highest BCUT2D eigenvalue weighted by molar-refractivity contribution is 6.11. The van der Waals surface area contributed by atoms with Gasteiger partial charge in [0.25, 0.3) is 0 Å². The standard InChI is InChI=1S/C13H9FO2/c14-13-8-3-1-2-7-4-5-10(15)9(12(7)8)6-11(13)16/h1-3,6,16H,4-5H2. The van der Waals surface area contributed by atoms with E-state index in [9.17, 15) is 14.3 Å². The van der Waals surface area contributed by atoms with E-state index in [0.717, 1.165) is 5.56 Å². The maximum Gasteiger partial charge on any atom is 0.172 e. The van der Waals surface area contributed by atoms with Crippen LogP contribution in [0.15, 0.2) is 24.3 Å². The van der Waals surface area contributed by atoms with Crippen LogP contribution in [0, 0.1) is 5.82 Å². The van der Waals surface area contributed by atoms with Gasteiger partial charge in [-0.25, -0.2) is 4.39 Å². The summed E-state index contributed by atoms with van der Waals surface area (Å²) in [6.45, 7) is 0. The van der Waals surface area contributed by atoms with Gasteiger partial charge in [0.15, 0.2) is 17.3 Å². The Morgan fingerprint density at radius 2 is 2.06 bits per heavy atom. The minimum Gasteiger partial charge on any atom is -0.505 e. The second kappa shape index (κ2) is 3.04. The Labute approximate surface area is 91.3 Å². The van der Waals surface area contributed by atoms with E-state index in [4.69, 9.17) is 0 Å². The summed E-state index contributed by atoms with van der Waals surface area (Å²) in [5.41, 5.74) is 1.42. The number of phenols is 1. The Hall–Kier alpha value is -1.90. The first-order chi connectivity index (χ1) is 7.68. The van der Waals surface area contributed by atoms with Crippen molar-refractivity contribution in [3.8, 4) is 5.75 Å². The summed E-state index contributed by atoms with van der Waals surface area (Å²) in [4.78, 5) is 11.7. The molecule has 0 bridgehead atoms. The van der Waals surface area contributed by atoms with Crippen LogP contribution in [0.3, 0.4) is 0 Å². The van der Waals surface area contributed by atoms with E-state index in [-0.39, 0.29) is 5.78 Å². The van der Waals surface area contributed by atoms with Gasteiger partial charge in [-0.3, -0.25) is 4.79 Å². The van der Waals surface area contributed by atoms with Crippen molar-refractivity contribution in [1.29, 1.82) is 0 Å². The smallest absolute Gasteiger partial charge is 0.172 e. The molecule has 2 nitrogen and oxygen atoms in total. The van der Waals surface area contributed by atoms with E-state index >= 15 is 0 Å². The van der Waals surface area contributed by atoms with Crippen LogP contribution in [0.5, 0.6) is 5.75 Å². The van der Waals surface area contributed by atoms with Gasteiger partial charge in [0, 0.05) is 17.4 Å². The lowest BCUT2D eigenvalue weighted by Gasteiger charge is -2.16. The summed E-state index contributed by atoms with van der Waals surface area (Å²) in [5.74, 6) is -1.12. The fourth-order valence-electron chi connectivity index (χ4n) is 2.32. The number of Topliss-reactive ketones (excluding diaryl/α,β-unsaturated/α-hetero) is 1. The molecule has 0 unspecified atom stereocenters. The molecule has 0 radical (unpaired) electrons. The number of carbonyl (C=O) groups excluding carboxylic acids is 1. The second-order valence-electron chi connectivity index (χ2n) is 4.02. The van der Waals surface area contributed by atoms with Crippen molar-refractivity contribution in [2.75, 3.05) is 0 Å². The summed E-state index contributed by atoms with van der Waals surface area (Å²) in [5, 5.41) is 10.4. The molecule has 0 spiro atoms. The predicted octanol–water partition coefficient (Wildman–Crippen LogP) is 2.81. The van der Waals surface area contributed by atoms with Crippen LogP contribution in [0.1, 0.15) is 22.3 Å². The summed E-state index contributed by atoms with van der Waals surface area (Å²) < 4.78 is 13.7. The Kier molecular flexibility index (Phi) is 1.78. The summed E-state index contributed by atoms with van der Waals surface area (Å²) in [6.07, 6.45) is 1.07. The normalized spacial score (nSPS) is 14.4. The Bertz CT molecular complexity index is 617. The summed E-state index contributed by atoms with van der Waals surface area (Å²) >= 11 is 0. The van der Waals surface area contributed by atoms with E-state index in [1.807, 2.05) is 6.07 Å². The lowest BCUT2D eigenvalue weighted by atomic mass is 9.87. The molecular formula is C13H9FO2. The van der Waals surface area contributed by atoms with Crippen LogP contribution in [0.25, 0.3) is 10.8 Å². The van der Waals surface area contributed by atoms with Crippen LogP contribution >= 0.6 is 0 Å². The minimum absolute atomic E-state index is 0.0287. The van der Waals surface area contributed by atoms with Gasteiger partial charge in [0.05, 0.1) is 0 Å². The summed E-state index contributed by atoms with van der Waals surface area (Å²) in [7, 11) is 0. The fraction of sp³-hybridized carbons (Fsp3) is 0.154. The molecule has 0 saturated carbocycles. The topological polar surface area (TPSA) is 37.3 Å². The molecule has 3 rings (SSSR count). The maximum atomic E-state index is 13.7. The van der Waals surface area contributed by atoms with Crippen LogP contribution in [0.4, 0.5) is 4.39 Å². The quantitative estimate of drug-likeness (QED) is 0.735. The SMILES string of the molecule is O=C1CCc2cccc3c(F)c(O)cc1c23. The van der Waals surface area contributed by atoms with Gasteiger partial charge >= 0.3 is 0 Å². The highest BCUT2D eigenvalue weighted by Gasteiger charge is 2.22. The van der Waals surface area contributed by atoms with Crippen molar-refractivity contribution in [3.63, 3.8) is 0 Å². The molecule has 0 fully saturated rings. The molecule has 1 aliphatic rings. The van der Waals surface area contributed by atoms with Gasteiger partial charge in [0.1, 0.15) is 0 Å². The first-order valence-electron chi connectivity index (χ1n) is 5.15. The number of carbonyl (C=O) groups is 1. The number of rotatable bonds is 0. The van der Waals surface area contributed by atoms with E-state index in [2.05, 4.69) is 0 Å². The number of hydrogen-bond donors (Lipinski definition) is 1. The van der Waals surface area contributed by atoms with Crippen LogP contribution in [-0.4, -0.2) is 10.9 Å². The van der Waals surface area contributed by atoms with Crippen molar-refractivity contribution in [2.24, 2.45) is 0 Å². The average Bonchev–Trinajstić information content (AvgIpc) is 2.29. The molecule has 3 heteroatoms. The lowest BCUT2D eigenvalue weighted by Crippen LogP contribution is -2.10. The van der Waals surface area contributed by atoms with Gasteiger partial charge in [-0.2, -0.15) is 0 Å². The molecule has 2 aromatic carbocycles. The molecule has 0 aliphatic heterocycles. The molecule has 1 aliphatic carbocycles. The second-order valence-corrected chi connectivity index (χ2v) is 4.02. The van der Waals surface area contributed by atoms with E-state index < -0.39 is 11.6 Å². The fourth-order valence-corrected chi connectivity index (χ4v) is 2.32. The number of halogens is 1. The van der Waals surface area contributed by atoms with Crippen molar-refractivity contribution < 1.29 is 14.3 Å². The van der Waals surface area contributed by atoms with Crippen LogP contribution in [-0.2, 0) is 6.42 Å². The molecule has 2 aromatic rings. The molecule has 0 heterocycles. The number of hydrogen-bond acceptors (Lipinski definition) is 2. The number of phenolic OH excluding ortho intramolecular Hbond substituents is 1. The summed E-state index contributed by atoms with van der Waals surface area (Å²) in [6, 6.07) is 6.48. The van der Waals surface area contributed by atoms with Gasteiger partial charge < -0.3 is 5.11 Å².